The summed E-state index contributed by atoms with van der Waals surface area (Å²) in [6.45, 7) is 0.187. The van der Waals surface area contributed by atoms with Crippen LogP contribution in [0, 0.1) is 0 Å². The number of nitrogens with zero attached hydrogens (tertiary/aromatic N) is 4. The van der Waals surface area contributed by atoms with Crippen LogP contribution >= 0.6 is 0 Å². The van der Waals surface area contributed by atoms with Crippen molar-refractivity contribution in [1.29, 1.82) is 0 Å². The molecule has 0 radical (unpaired) electrons. The van der Waals surface area contributed by atoms with Gasteiger partial charge in [0.2, 0.25) is 0 Å². The normalized spacial score (nSPS) is 10.7. The third-order valence-corrected chi connectivity index (χ3v) is 5.01. The minimum absolute atomic E-state index is 0.187. The Morgan fingerprint density at radius 3 is 2.45 bits per heavy atom. The highest BCUT2D eigenvalue weighted by molar-refractivity contribution is 6.02. The molecular weight excluding hydrogens is 416 g/mol. The first-order valence-electron chi connectivity index (χ1n) is 10.3. The number of rotatable bonds is 7. The van der Waals surface area contributed by atoms with E-state index >= 15 is 0 Å². The third-order valence-electron chi connectivity index (χ3n) is 5.01. The van der Waals surface area contributed by atoms with Gasteiger partial charge in [0.1, 0.15) is 5.75 Å². The van der Waals surface area contributed by atoms with Crippen LogP contribution in [0.15, 0.2) is 97.5 Å². The molecule has 0 saturated heterocycles. The smallest absolute Gasteiger partial charge is 0.277 e. The molecule has 5 rings (SSSR count). The number of aromatic nitrogens is 5. The van der Waals surface area contributed by atoms with E-state index in [1.165, 1.54) is 0 Å². The molecular formula is C25H20N6O2. The molecule has 0 unspecified atom stereocenters. The molecule has 5 aromatic rings. The second-order valence-electron chi connectivity index (χ2n) is 7.26. The summed E-state index contributed by atoms with van der Waals surface area (Å²) in [6.07, 6.45) is 5.09. The predicted molar refractivity (Wildman–Crippen MR) is 125 cm³/mol. The second-order valence-corrected chi connectivity index (χ2v) is 7.26. The molecule has 0 saturated carbocycles. The minimum atomic E-state index is -0.353. The third kappa shape index (κ3) is 4.80. The minimum Gasteiger partial charge on any atom is -0.471 e. The van der Waals surface area contributed by atoms with E-state index < -0.39 is 0 Å². The average Bonchev–Trinajstić information content (AvgIpc) is 3.54. The van der Waals surface area contributed by atoms with E-state index in [0.717, 1.165) is 28.1 Å². The van der Waals surface area contributed by atoms with Crippen molar-refractivity contribution in [2.24, 2.45) is 0 Å². The summed E-state index contributed by atoms with van der Waals surface area (Å²) in [5.74, 6) is 0.779. The predicted octanol–water partition coefficient (Wildman–Crippen LogP) is 4.62. The van der Waals surface area contributed by atoms with Crippen LogP contribution in [0.2, 0.25) is 0 Å². The van der Waals surface area contributed by atoms with Crippen molar-refractivity contribution in [2.75, 3.05) is 5.32 Å². The lowest BCUT2D eigenvalue weighted by molar-refractivity contribution is 0.102. The van der Waals surface area contributed by atoms with Crippen LogP contribution in [0.25, 0.3) is 22.4 Å². The van der Waals surface area contributed by atoms with Crippen LogP contribution in [0.3, 0.4) is 0 Å². The SMILES string of the molecule is O=C(Nc1cc(-c2ccncc2)[nH]n1)c1ccn(COc2ccc(-c3ccccc3)cc2)n1. The lowest BCUT2D eigenvalue weighted by Crippen LogP contribution is -2.14. The van der Waals surface area contributed by atoms with E-state index in [2.05, 4.69) is 37.7 Å². The molecule has 0 aliphatic heterocycles. The van der Waals surface area contributed by atoms with Crippen molar-refractivity contribution >= 4 is 11.7 Å². The van der Waals surface area contributed by atoms with Gasteiger partial charge in [0.25, 0.3) is 5.91 Å². The number of hydrogen-bond acceptors (Lipinski definition) is 5. The molecule has 8 heteroatoms. The fourth-order valence-corrected chi connectivity index (χ4v) is 3.32. The number of carbonyl (C=O) groups excluding carboxylic acids is 1. The standard InChI is InChI=1S/C25H20N6O2/c32-25(27-24-16-23(28-29-24)20-10-13-26-14-11-20)22-12-15-31(30-22)17-33-21-8-6-19(7-9-21)18-4-2-1-3-5-18/h1-16H,17H2,(H2,27,28,29,32). The maximum absolute atomic E-state index is 12.5. The van der Waals surface area contributed by atoms with Crippen molar-refractivity contribution < 1.29 is 9.53 Å². The van der Waals surface area contributed by atoms with Crippen LogP contribution < -0.4 is 10.1 Å². The molecule has 3 heterocycles. The molecule has 162 valence electrons. The van der Waals surface area contributed by atoms with E-state index in [0.29, 0.717) is 5.82 Å². The fraction of sp³-hybridized carbons (Fsp3) is 0.0400. The monoisotopic (exact) mass is 436 g/mol. The van der Waals surface area contributed by atoms with Crippen molar-refractivity contribution in [3.8, 4) is 28.1 Å². The molecule has 33 heavy (non-hydrogen) atoms. The van der Waals surface area contributed by atoms with Crippen LogP contribution in [-0.4, -0.2) is 30.9 Å². The quantitative estimate of drug-likeness (QED) is 0.388. The molecule has 0 bridgehead atoms. The first-order valence-corrected chi connectivity index (χ1v) is 10.3. The van der Waals surface area contributed by atoms with Crippen LogP contribution in [0.5, 0.6) is 5.75 Å². The first kappa shape index (κ1) is 20.2. The Morgan fingerprint density at radius 2 is 1.67 bits per heavy atom. The highest BCUT2D eigenvalue weighted by Crippen LogP contribution is 2.22. The maximum Gasteiger partial charge on any atom is 0.277 e. The Morgan fingerprint density at radius 1 is 0.909 bits per heavy atom. The Kier molecular flexibility index (Phi) is 5.62. The molecule has 2 N–H and O–H groups in total. The average molecular weight is 436 g/mol. The number of anilines is 1. The summed E-state index contributed by atoms with van der Waals surface area (Å²) >= 11 is 0. The van der Waals surface area contributed by atoms with Gasteiger partial charge in [0, 0.05) is 30.2 Å². The zero-order valence-corrected chi connectivity index (χ0v) is 17.6. The first-order chi connectivity index (χ1) is 16.2. The number of amides is 1. The van der Waals surface area contributed by atoms with Gasteiger partial charge in [0.15, 0.2) is 18.2 Å². The maximum atomic E-state index is 12.5. The number of ether oxygens (including phenoxy) is 1. The van der Waals surface area contributed by atoms with Crippen molar-refractivity contribution in [3.05, 3.63) is 103 Å². The summed E-state index contributed by atoms with van der Waals surface area (Å²) in [4.78, 5) is 16.5. The number of benzene rings is 2. The molecule has 8 nitrogen and oxygen atoms in total. The van der Waals surface area contributed by atoms with Crippen LogP contribution in [0.4, 0.5) is 5.82 Å². The highest BCUT2D eigenvalue weighted by Gasteiger charge is 2.12. The van der Waals surface area contributed by atoms with Crippen molar-refractivity contribution in [1.82, 2.24) is 25.0 Å². The number of hydrogen-bond donors (Lipinski definition) is 2. The number of H-pyrrole nitrogens is 1. The van der Waals surface area contributed by atoms with Crippen LogP contribution in [0.1, 0.15) is 10.5 Å². The van der Waals surface area contributed by atoms with Gasteiger partial charge in [0.05, 0.1) is 5.69 Å². The number of aromatic amines is 1. The van der Waals surface area contributed by atoms with E-state index in [1.807, 2.05) is 54.6 Å². The fourth-order valence-electron chi connectivity index (χ4n) is 3.32. The van der Waals surface area contributed by atoms with Gasteiger partial charge in [-0.2, -0.15) is 10.2 Å². The van der Waals surface area contributed by atoms with Gasteiger partial charge in [-0.05, 0) is 41.5 Å². The Labute approximate surface area is 189 Å². The molecule has 3 aromatic heterocycles. The van der Waals surface area contributed by atoms with E-state index in [4.69, 9.17) is 4.74 Å². The summed E-state index contributed by atoms with van der Waals surface area (Å²) in [5, 5.41) is 14.1. The zero-order valence-electron chi connectivity index (χ0n) is 17.6. The summed E-state index contributed by atoms with van der Waals surface area (Å²) < 4.78 is 7.36. The van der Waals surface area contributed by atoms with Crippen molar-refractivity contribution in [2.45, 2.75) is 6.73 Å². The van der Waals surface area contributed by atoms with Gasteiger partial charge in [-0.15, -0.1) is 0 Å². The number of nitrogens with one attached hydrogen (secondary N) is 2. The zero-order chi connectivity index (χ0) is 22.5. The molecule has 1 amide bonds. The molecule has 0 aliphatic carbocycles. The Balaban J connectivity index is 1.17. The Bertz CT molecular complexity index is 1340. The molecule has 2 aromatic carbocycles. The topological polar surface area (TPSA) is 97.7 Å². The van der Waals surface area contributed by atoms with Crippen molar-refractivity contribution in [3.63, 3.8) is 0 Å². The summed E-state index contributed by atoms with van der Waals surface area (Å²) in [5.41, 5.74) is 4.25. The van der Waals surface area contributed by atoms with Gasteiger partial charge in [-0.3, -0.25) is 14.9 Å². The number of carbonyl (C=O) groups is 1. The molecule has 0 atom stereocenters. The summed E-state index contributed by atoms with van der Waals surface area (Å²) in [6, 6.07) is 25.1. The number of pyridine rings is 1. The second kappa shape index (κ2) is 9.19. The van der Waals surface area contributed by atoms with E-state index in [9.17, 15) is 4.79 Å². The molecule has 0 spiro atoms. The summed E-state index contributed by atoms with van der Waals surface area (Å²) in [7, 11) is 0. The lowest BCUT2D eigenvalue weighted by atomic mass is 10.1. The van der Waals surface area contributed by atoms with Gasteiger partial charge in [-0.25, -0.2) is 4.68 Å². The van der Waals surface area contributed by atoms with Gasteiger partial charge < -0.3 is 10.1 Å². The van der Waals surface area contributed by atoms with Crippen LogP contribution in [-0.2, 0) is 6.73 Å². The molecule has 0 aliphatic rings. The van der Waals surface area contributed by atoms with Gasteiger partial charge >= 0.3 is 0 Å². The van der Waals surface area contributed by atoms with E-state index in [-0.39, 0.29) is 18.3 Å². The largest absolute Gasteiger partial charge is 0.471 e. The van der Waals surface area contributed by atoms with Gasteiger partial charge in [-0.1, -0.05) is 42.5 Å². The Hall–Kier alpha value is -4.72. The lowest BCUT2D eigenvalue weighted by Gasteiger charge is -2.07. The highest BCUT2D eigenvalue weighted by atomic mass is 16.5. The molecule has 0 fully saturated rings. The van der Waals surface area contributed by atoms with E-state index in [1.54, 1.807) is 35.4 Å².